The average Bonchev–Trinajstić information content (AvgIpc) is 2.17. The van der Waals surface area contributed by atoms with Crippen molar-refractivity contribution in [2.45, 2.75) is 33.1 Å². The van der Waals surface area contributed by atoms with Gasteiger partial charge in [0, 0.05) is 19.2 Å². The molecular formula is C12H20N4. The Morgan fingerprint density at radius 1 is 1.31 bits per heavy atom. The van der Waals surface area contributed by atoms with Crippen LogP contribution in [0.1, 0.15) is 30.7 Å². The summed E-state index contributed by atoms with van der Waals surface area (Å²) in [7, 11) is 2.09. The molecule has 0 atom stereocenters. The lowest BCUT2D eigenvalue weighted by Crippen LogP contribution is -2.30. The smallest absolute Gasteiger partial charge is 0.137 e. The van der Waals surface area contributed by atoms with Crippen LogP contribution in [0.25, 0.3) is 0 Å². The van der Waals surface area contributed by atoms with E-state index in [0.717, 1.165) is 29.7 Å². The fourth-order valence-corrected chi connectivity index (χ4v) is 2.16. The first kappa shape index (κ1) is 11.2. The van der Waals surface area contributed by atoms with E-state index in [4.69, 9.17) is 5.73 Å². The predicted molar refractivity (Wildman–Crippen MR) is 66.5 cm³/mol. The van der Waals surface area contributed by atoms with Crippen LogP contribution in [0.3, 0.4) is 0 Å². The third-order valence-electron chi connectivity index (χ3n) is 3.39. The van der Waals surface area contributed by atoms with Gasteiger partial charge in [-0.2, -0.15) is 0 Å². The monoisotopic (exact) mass is 220 g/mol. The van der Waals surface area contributed by atoms with E-state index in [0.29, 0.717) is 5.82 Å². The van der Waals surface area contributed by atoms with Crippen molar-refractivity contribution < 1.29 is 0 Å². The van der Waals surface area contributed by atoms with Gasteiger partial charge in [0.1, 0.15) is 17.5 Å². The number of hydrogen-bond donors (Lipinski definition) is 1. The molecule has 0 spiro atoms. The standard InChI is InChI=1S/C12H20N4/c1-8-11(13)14-9(2)15-12(8)16(3)7-10-5-4-6-10/h10H,4-7H2,1-3H3,(H2,13,14,15). The molecule has 1 heterocycles. The Hall–Kier alpha value is -1.32. The van der Waals surface area contributed by atoms with E-state index in [1.807, 2.05) is 13.8 Å². The lowest BCUT2D eigenvalue weighted by Gasteiger charge is -2.31. The summed E-state index contributed by atoms with van der Waals surface area (Å²) in [5.74, 6) is 3.17. The van der Waals surface area contributed by atoms with Crippen molar-refractivity contribution in [1.29, 1.82) is 0 Å². The maximum atomic E-state index is 5.86. The molecule has 0 amide bonds. The van der Waals surface area contributed by atoms with Crippen LogP contribution in [-0.4, -0.2) is 23.6 Å². The first-order chi connectivity index (χ1) is 7.58. The van der Waals surface area contributed by atoms with Gasteiger partial charge < -0.3 is 10.6 Å². The Kier molecular flexibility index (Phi) is 2.99. The number of rotatable bonds is 3. The summed E-state index contributed by atoms with van der Waals surface area (Å²) in [5.41, 5.74) is 6.85. The van der Waals surface area contributed by atoms with Crippen molar-refractivity contribution in [2.75, 3.05) is 24.2 Å². The van der Waals surface area contributed by atoms with Gasteiger partial charge in [0.25, 0.3) is 0 Å². The number of aromatic nitrogens is 2. The van der Waals surface area contributed by atoms with Crippen molar-refractivity contribution in [2.24, 2.45) is 5.92 Å². The summed E-state index contributed by atoms with van der Waals surface area (Å²) in [6.07, 6.45) is 4.08. The third-order valence-corrected chi connectivity index (χ3v) is 3.39. The van der Waals surface area contributed by atoms with Crippen LogP contribution >= 0.6 is 0 Å². The van der Waals surface area contributed by atoms with Crippen LogP contribution in [0.4, 0.5) is 11.6 Å². The molecule has 0 radical (unpaired) electrons. The van der Waals surface area contributed by atoms with Crippen molar-refractivity contribution >= 4 is 11.6 Å². The van der Waals surface area contributed by atoms with Crippen LogP contribution in [0.2, 0.25) is 0 Å². The van der Waals surface area contributed by atoms with Crippen molar-refractivity contribution in [3.63, 3.8) is 0 Å². The molecule has 0 bridgehead atoms. The van der Waals surface area contributed by atoms with Gasteiger partial charge in [0.2, 0.25) is 0 Å². The quantitative estimate of drug-likeness (QED) is 0.845. The summed E-state index contributed by atoms with van der Waals surface area (Å²) >= 11 is 0. The molecule has 0 unspecified atom stereocenters. The molecule has 1 aromatic rings. The minimum atomic E-state index is 0.600. The number of hydrogen-bond acceptors (Lipinski definition) is 4. The average molecular weight is 220 g/mol. The molecule has 1 aliphatic carbocycles. The zero-order valence-corrected chi connectivity index (χ0v) is 10.3. The summed E-state index contributed by atoms with van der Waals surface area (Å²) in [5, 5.41) is 0. The number of anilines is 2. The van der Waals surface area contributed by atoms with Crippen molar-refractivity contribution in [1.82, 2.24) is 9.97 Å². The van der Waals surface area contributed by atoms with Crippen LogP contribution < -0.4 is 10.6 Å². The molecule has 1 fully saturated rings. The highest BCUT2D eigenvalue weighted by atomic mass is 15.2. The second-order valence-corrected chi connectivity index (χ2v) is 4.78. The van der Waals surface area contributed by atoms with Gasteiger partial charge in [0.05, 0.1) is 0 Å². The Morgan fingerprint density at radius 2 is 2.00 bits per heavy atom. The van der Waals surface area contributed by atoms with Gasteiger partial charge in [-0.15, -0.1) is 0 Å². The molecule has 16 heavy (non-hydrogen) atoms. The second-order valence-electron chi connectivity index (χ2n) is 4.78. The molecule has 88 valence electrons. The van der Waals surface area contributed by atoms with Gasteiger partial charge >= 0.3 is 0 Å². The number of aryl methyl sites for hydroxylation is 1. The highest BCUT2D eigenvalue weighted by Crippen LogP contribution is 2.29. The van der Waals surface area contributed by atoms with Crippen LogP contribution in [-0.2, 0) is 0 Å². The predicted octanol–water partition coefficient (Wildman–Crippen LogP) is 1.91. The Labute approximate surface area is 96.9 Å². The van der Waals surface area contributed by atoms with Gasteiger partial charge in [-0.05, 0) is 32.6 Å². The van der Waals surface area contributed by atoms with E-state index >= 15 is 0 Å². The molecular weight excluding hydrogens is 200 g/mol. The second kappa shape index (κ2) is 4.28. The fraction of sp³-hybridized carbons (Fsp3) is 0.667. The maximum absolute atomic E-state index is 5.86. The highest BCUT2D eigenvalue weighted by molar-refractivity contribution is 5.56. The Balaban J connectivity index is 2.17. The van der Waals surface area contributed by atoms with E-state index in [-0.39, 0.29) is 0 Å². The van der Waals surface area contributed by atoms with Gasteiger partial charge in [0.15, 0.2) is 0 Å². The molecule has 0 saturated heterocycles. The van der Waals surface area contributed by atoms with E-state index in [1.54, 1.807) is 0 Å². The van der Waals surface area contributed by atoms with E-state index in [1.165, 1.54) is 19.3 Å². The fourth-order valence-electron chi connectivity index (χ4n) is 2.16. The Morgan fingerprint density at radius 3 is 2.56 bits per heavy atom. The first-order valence-corrected chi connectivity index (χ1v) is 5.89. The summed E-state index contributed by atoms with van der Waals surface area (Å²) in [6.45, 7) is 4.95. The Bertz CT molecular complexity index is 385. The van der Waals surface area contributed by atoms with E-state index < -0.39 is 0 Å². The number of nitrogens with two attached hydrogens (primary N) is 1. The zero-order chi connectivity index (χ0) is 11.7. The lowest BCUT2D eigenvalue weighted by molar-refractivity contribution is 0.321. The largest absolute Gasteiger partial charge is 0.383 e. The first-order valence-electron chi connectivity index (χ1n) is 5.89. The molecule has 4 nitrogen and oxygen atoms in total. The highest BCUT2D eigenvalue weighted by Gasteiger charge is 2.21. The van der Waals surface area contributed by atoms with Crippen molar-refractivity contribution in [3.8, 4) is 0 Å². The molecule has 2 N–H and O–H groups in total. The van der Waals surface area contributed by atoms with Crippen LogP contribution in [0.5, 0.6) is 0 Å². The summed E-state index contributed by atoms with van der Waals surface area (Å²) < 4.78 is 0. The molecule has 1 aromatic heterocycles. The SMILES string of the molecule is Cc1nc(N)c(C)c(N(C)CC2CCC2)n1. The third kappa shape index (κ3) is 2.10. The van der Waals surface area contributed by atoms with Gasteiger partial charge in [-0.25, -0.2) is 9.97 Å². The minimum absolute atomic E-state index is 0.600. The molecule has 1 aliphatic rings. The molecule has 0 aliphatic heterocycles. The summed E-state index contributed by atoms with van der Waals surface area (Å²) in [6, 6.07) is 0. The van der Waals surface area contributed by atoms with E-state index in [9.17, 15) is 0 Å². The zero-order valence-electron chi connectivity index (χ0n) is 10.3. The van der Waals surface area contributed by atoms with E-state index in [2.05, 4.69) is 21.9 Å². The maximum Gasteiger partial charge on any atom is 0.137 e. The van der Waals surface area contributed by atoms with Crippen LogP contribution in [0, 0.1) is 19.8 Å². The topological polar surface area (TPSA) is 55.0 Å². The normalized spacial score (nSPS) is 15.9. The number of nitrogens with zero attached hydrogens (tertiary/aromatic N) is 3. The van der Waals surface area contributed by atoms with Crippen molar-refractivity contribution in [3.05, 3.63) is 11.4 Å². The molecule has 4 heteroatoms. The molecule has 1 saturated carbocycles. The molecule has 2 rings (SSSR count). The van der Waals surface area contributed by atoms with Gasteiger partial charge in [-0.1, -0.05) is 6.42 Å². The summed E-state index contributed by atoms with van der Waals surface area (Å²) in [4.78, 5) is 10.9. The van der Waals surface area contributed by atoms with Gasteiger partial charge in [-0.3, -0.25) is 0 Å². The van der Waals surface area contributed by atoms with Crippen LogP contribution in [0.15, 0.2) is 0 Å². The molecule has 0 aromatic carbocycles. The lowest BCUT2D eigenvalue weighted by atomic mass is 9.85. The minimum Gasteiger partial charge on any atom is -0.383 e. The number of nitrogen functional groups attached to an aromatic ring is 1.